The molecule has 2 nitrogen and oxygen atoms in total. The summed E-state index contributed by atoms with van der Waals surface area (Å²) in [5.41, 5.74) is 3.49. The Balaban J connectivity index is 2.26. The molecule has 0 aliphatic heterocycles. The predicted molar refractivity (Wildman–Crippen MR) is 69.1 cm³/mol. The van der Waals surface area contributed by atoms with E-state index >= 15 is 0 Å². The number of hydrazine groups is 1. The standard InChI is InChI=1S/C14H16N2/c1-2-16(15)14-10-8-13(9-11-14)12-6-4-3-5-7-12/h3-11H,2,15H2,1H3. The Labute approximate surface area is 96.3 Å². The fourth-order valence-corrected chi connectivity index (χ4v) is 1.66. The zero-order valence-corrected chi connectivity index (χ0v) is 9.43. The normalized spacial score (nSPS) is 10.1. The maximum atomic E-state index is 5.82. The number of rotatable bonds is 3. The van der Waals surface area contributed by atoms with Crippen molar-refractivity contribution in [1.29, 1.82) is 0 Å². The van der Waals surface area contributed by atoms with Crippen LogP contribution in [-0.2, 0) is 0 Å². The van der Waals surface area contributed by atoms with Gasteiger partial charge in [-0.05, 0) is 30.2 Å². The van der Waals surface area contributed by atoms with Gasteiger partial charge in [-0.25, -0.2) is 5.84 Å². The molecule has 0 atom stereocenters. The van der Waals surface area contributed by atoms with Crippen LogP contribution >= 0.6 is 0 Å². The highest BCUT2D eigenvalue weighted by atomic mass is 15.4. The summed E-state index contributed by atoms with van der Waals surface area (Å²) in [4.78, 5) is 0. The van der Waals surface area contributed by atoms with Crippen LogP contribution in [0.1, 0.15) is 6.92 Å². The second-order valence-corrected chi connectivity index (χ2v) is 3.70. The Bertz CT molecular complexity index is 434. The van der Waals surface area contributed by atoms with Crippen LogP contribution in [0.3, 0.4) is 0 Å². The molecule has 2 rings (SSSR count). The lowest BCUT2D eigenvalue weighted by atomic mass is 10.1. The topological polar surface area (TPSA) is 29.3 Å². The van der Waals surface area contributed by atoms with Gasteiger partial charge in [-0.15, -0.1) is 0 Å². The van der Waals surface area contributed by atoms with Crippen molar-refractivity contribution in [2.24, 2.45) is 5.84 Å². The summed E-state index contributed by atoms with van der Waals surface area (Å²) in [6.45, 7) is 2.84. The quantitative estimate of drug-likeness (QED) is 0.626. The SMILES string of the molecule is CCN(N)c1ccc(-c2ccccc2)cc1. The minimum atomic E-state index is 0.810. The Kier molecular flexibility index (Phi) is 3.22. The molecule has 0 saturated heterocycles. The molecule has 2 heteroatoms. The minimum absolute atomic E-state index is 0.810. The number of nitrogens with two attached hydrogens (primary N) is 1. The highest BCUT2D eigenvalue weighted by molar-refractivity contribution is 5.66. The fraction of sp³-hybridized carbons (Fsp3) is 0.143. The van der Waals surface area contributed by atoms with E-state index in [9.17, 15) is 0 Å². The lowest BCUT2D eigenvalue weighted by molar-refractivity contribution is 0.892. The molecule has 0 bridgehead atoms. The first-order valence-electron chi connectivity index (χ1n) is 5.49. The molecule has 0 spiro atoms. The second kappa shape index (κ2) is 4.81. The zero-order chi connectivity index (χ0) is 11.4. The van der Waals surface area contributed by atoms with Gasteiger partial charge in [0.1, 0.15) is 0 Å². The molecule has 0 radical (unpaired) electrons. The highest BCUT2D eigenvalue weighted by Crippen LogP contribution is 2.21. The summed E-state index contributed by atoms with van der Waals surface area (Å²) in [5, 5.41) is 1.73. The predicted octanol–water partition coefficient (Wildman–Crippen LogP) is 3.05. The molecule has 0 aliphatic rings. The van der Waals surface area contributed by atoms with Crippen LogP contribution in [0.25, 0.3) is 11.1 Å². The summed E-state index contributed by atoms with van der Waals surface area (Å²) in [7, 11) is 0. The van der Waals surface area contributed by atoms with Gasteiger partial charge in [-0.1, -0.05) is 42.5 Å². The summed E-state index contributed by atoms with van der Waals surface area (Å²) in [5.74, 6) is 5.82. The maximum absolute atomic E-state index is 5.82. The zero-order valence-electron chi connectivity index (χ0n) is 9.43. The van der Waals surface area contributed by atoms with Crippen molar-refractivity contribution in [2.45, 2.75) is 6.92 Å². The van der Waals surface area contributed by atoms with Crippen molar-refractivity contribution in [1.82, 2.24) is 0 Å². The van der Waals surface area contributed by atoms with E-state index < -0.39 is 0 Å². The van der Waals surface area contributed by atoms with E-state index in [0.717, 1.165) is 12.2 Å². The molecule has 16 heavy (non-hydrogen) atoms. The van der Waals surface area contributed by atoms with Crippen molar-refractivity contribution in [3.05, 3.63) is 54.6 Å². The Morgan fingerprint density at radius 3 is 2.00 bits per heavy atom. The van der Waals surface area contributed by atoms with Crippen LogP contribution in [0.15, 0.2) is 54.6 Å². The van der Waals surface area contributed by atoms with Gasteiger partial charge in [0.25, 0.3) is 0 Å². The van der Waals surface area contributed by atoms with Crippen molar-refractivity contribution >= 4 is 5.69 Å². The van der Waals surface area contributed by atoms with Crippen molar-refractivity contribution < 1.29 is 0 Å². The lowest BCUT2D eigenvalue weighted by Gasteiger charge is -2.16. The van der Waals surface area contributed by atoms with Gasteiger partial charge >= 0.3 is 0 Å². The Morgan fingerprint density at radius 1 is 0.875 bits per heavy atom. The van der Waals surface area contributed by atoms with Gasteiger partial charge in [0, 0.05) is 6.54 Å². The van der Waals surface area contributed by atoms with Crippen LogP contribution in [-0.4, -0.2) is 6.54 Å². The largest absolute Gasteiger partial charge is 0.311 e. The molecular formula is C14H16N2. The maximum Gasteiger partial charge on any atom is 0.0517 e. The fourth-order valence-electron chi connectivity index (χ4n) is 1.66. The minimum Gasteiger partial charge on any atom is -0.311 e. The number of nitrogens with zero attached hydrogens (tertiary/aromatic N) is 1. The first kappa shape index (κ1) is 10.7. The van der Waals surface area contributed by atoms with Crippen LogP contribution in [0.2, 0.25) is 0 Å². The van der Waals surface area contributed by atoms with E-state index in [-0.39, 0.29) is 0 Å². The summed E-state index contributed by atoms with van der Waals surface area (Å²) in [6, 6.07) is 18.6. The van der Waals surface area contributed by atoms with E-state index in [1.165, 1.54) is 11.1 Å². The number of benzene rings is 2. The van der Waals surface area contributed by atoms with E-state index in [2.05, 4.69) is 24.3 Å². The van der Waals surface area contributed by atoms with Gasteiger partial charge in [-0.2, -0.15) is 0 Å². The van der Waals surface area contributed by atoms with Crippen LogP contribution in [0.4, 0.5) is 5.69 Å². The number of anilines is 1. The first-order valence-corrected chi connectivity index (χ1v) is 5.49. The molecular weight excluding hydrogens is 196 g/mol. The molecule has 0 saturated carbocycles. The molecule has 82 valence electrons. The molecule has 0 heterocycles. The van der Waals surface area contributed by atoms with E-state index in [1.54, 1.807) is 5.01 Å². The third kappa shape index (κ3) is 2.23. The van der Waals surface area contributed by atoms with E-state index in [1.807, 2.05) is 37.3 Å². The van der Waals surface area contributed by atoms with Gasteiger partial charge in [0.05, 0.1) is 5.69 Å². The van der Waals surface area contributed by atoms with Crippen LogP contribution in [0, 0.1) is 0 Å². The molecule has 0 fully saturated rings. The van der Waals surface area contributed by atoms with E-state index in [4.69, 9.17) is 5.84 Å². The average Bonchev–Trinajstić information content (AvgIpc) is 2.39. The summed E-state index contributed by atoms with van der Waals surface area (Å²) in [6.07, 6.45) is 0. The van der Waals surface area contributed by atoms with Crippen molar-refractivity contribution in [3.63, 3.8) is 0 Å². The lowest BCUT2D eigenvalue weighted by Crippen LogP contribution is -2.29. The van der Waals surface area contributed by atoms with E-state index in [0.29, 0.717) is 0 Å². The smallest absolute Gasteiger partial charge is 0.0517 e. The van der Waals surface area contributed by atoms with Crippen LogP contribution < -0.4 is 10.9 Å². The summed E-state index contributed by atoms with van der Waals surface area (Å²) < 4.78 is 0. The Hall–Kier alpha value is -1.80. The molecule has 2 aromatic rings. The van der Waals surface area contributed by atoms with Crippen molar-refractivity contribution in [2.75, 3.05) is 11.6 Å². The Morgan fingerprint density at radius 2 is 1.44 bits per heavy atom. The monoisotopic (exact) mass is 212 g/mol. The molecule has 2 N–H and O–H groups in total. The second-order valence-electron chi connectivity index (χ2n) is 3.70. The highest BCUT2D eigenvalue weighted by Gasteiger charge is 1.99. The van der Waals surface area contributed by atoms with Gasteiger partial charge < -0.3 is 5.01 Å². The van der Waals surface area contributed by atoms with Gasteiger partial charge in [0.15, 0.2) is 0 Å². The molecule has 2 aromatic carbocycles. The molecule has 0 unspecified atom stereocenters. The molecule has 0 aromatic heterocycles. The average molecular weight is 212 g/mol. The first-order chi connectivity index (χ1) is 7.81. The number of hydrogen-bond acceptors (Lipinski definition) is 2. The number of hydrogen-bond donors (Lipinski definition) is 1. The molecule has 0 aliphatic carbocycles. The van der Waals surface area contributed by atoms with Gasteiger partial charge in [0.2, 0.25) is 0 Å². The third-order valence-corrected chi connectivity index (χ3v) is 2.65. The van der Waals surface area contributed by atoms with Crippen molar-refractivity contribution in [3.8, 4) is 11.1 Å². The summed E-state index contributed by atoms with van der Waals surface area (Å²) >= 11 is 0. The molecule has 0 amide bonds. The van der Waals surface area contributed by atoms with Gasteiger partial charge in [-0.3, -0.25) is 0 Å². The van der Waals surface area contributed by atoms with Crippen LogP contribution in [0.5, 0.6) is 0 Å². The third-order valence-electron chi connectivity index (χ3n) is 2.65.